The molecule has 4 aromatic rings. The number of anilines is 1. The fraction of sp³-hybridized carbons (Fsp3) is 0.200. The number of nitrogens with zero attached hydrogens (tertiary/aromatic N) is 3. The number of fused-ring (bicyclic) bond motifs is 1. The van der Waals surface area contributed by atoms with Crippen molar-refractivity contribution in [3.8, 4) is 0 Å². The van der Waals surface area contributed by atoms with E-state index in [1.54, 1.807) is 17.4 Å². The van der Waals surface area contributed by atoms with E-state index in [4.69, 9.17) is 0 Å². The normalized spacial score (nSPS) is 16.4. The first-order valence-electron chi connectivity index (χ1n) is 10.7. The predicted molar refractivity (Wildman–Crippen MR) is 136 cm³/mol. The minimum atomic E-state index is -0.267. The summed E-state index contributed by atoms with van der Waals surface area (Å²) in [6, 6.07) is 15.3. The third-order valence-electron chi connectivity index (χ3n) is 5.83. The van der Waals surface area contributed by atoms with E-state index in [0.717, 1.165) is 25.3 Å². The van der Waals surface area contributed by atoms with E-state index in [9.17, 15) is 9.18 Å². The largest absolute Gasteiger partial charge is 0.337 e. The van der Waals surface area contributed by atoms with Crippen molar-refractivity contribution in [2.24, 2.45) is 0 Å². The van der Waals surface area contributed by atoms with Crippen molar-refractivity contribution in [3.63, 3.8) is 0 Å². The van der Waals surface area contributed by atoms with Gasteiger partial charge in [-0.1, -0.05) is 53.4 Å². The zero-order valence-electron chi connectivity index (χ0n) is 18.5. The highest BCUT2D eigenvalue weighted by Crippen LogP contribution is 2.45. The lowest BCUT2D eigenvalue weighted by Gasteiger charge is -2.12. The van der Waals surface area contributed by atoms with Crippen molar-refractivity contribution in [1.29, 1.82) is 0 Å². The first kappa shape index (κ1) is 22.1. The zero-order valence-corrected chi connectivity index (χ0v) is 20.9. The van der Waals surface area contributed by atoms with Crippen LogP contribution in [0.2, 0.25) is 0 Å². The third-order valence-corrected chi connectivity index (χ3v) is 9.12. The van der Waals surface area contributed by atoms with E-state index in [2.05, 4.69) is 53.4 Å². The number of thiazole rings is 2. The molecule has 1 aliphatic heterocycles. The first-order valence-corrected chi connectivity index (χ1v) is 13.2. The molecular formula is C25H23FN3OS3+. The smallest absolute Gasteiger partial charge is 0.271 e. The molecule has 1 aliphatic rings. The summed E-state index contributed by atoms with van der Waals surface area (Å²) in [6.45, 7) is 4.76. The Balaban J connectivity index is 1.63. The van der Waals surface area contributed by atoms with Gasteiger partial charge >= 0.3 is 0 Å². The fourth-order valence-electron chi connectivity index (χ4n) is 4.02. The molecular weight excluding hydrogens is 473 g/mol. The van der Waals surface area contributed by atoms with Crippen LogP contribution < -0.4 is 24.2 Å². The summed E-state index contributed by atoms with van der Waals surface area (Å²) in [6.07, 6.45) is 4.20. The molecule has 3 heterocycles. The molecule has 4 nitrogen and oxygen atoms in total. The molecule has 0 N–H and O–H groups in total. The molecule has 0 saturated heterocycles. The quantitative estimate of drug-likeness (QED) is 0.397. The fourth-order valence-corrected chi connectivity index (χ4v) is 7.43. The number of thioether (sulfide) groups is 1. The van der Waals surface area contributed by atoms with Gasteiger partial charge in [0.1, 0.15) is 20.0 Å². The lowest BCUT2D eigenvalue weighted by Crippen LogP contribution is -2.39. The Morgan fingerprint density at radius 2 is 1.97 bits per heavy atom. The molecule has 0 bridgehead atoms. The summed E-state index contributed by atoms with van der Waals surface area (Å²) < 4.78 is 19.4. The van der Waals surface area contributed by atoms with Gasteiger partial charge in [0.15, 0.2) is 12.2 Å². The summed E-state index contributed by atoms with van der Waals surface area (Å²) in [7, 11) is 1.93. The van der Waals surface area contributed by atoms with E-state index in [1.807, 2.05) is 29.5 Å². The predicted octanol–water partition coefficient (Wildman–Crippen LogP) is 4.16. The van der Waals surface area contributed by atoms with Crippen molar-refractivity contribution < 1.29 is 8.96 Å². The molecule has 2 aromatic carbocycles. The number of halogens is 1. The average molecular weight is 497 g/mol. The van der Waals surface area contributed by atoms with Crippen molar-refractivity contribution in [1.82, 2.24) is 4.57 Å². The van der Waals surface area contributed by atoms with Crippen molar-refractivity contribution >= 4 is 51.2 Å². The van der Waals surface area contributed by atoms with Gasteiger partial charge in [-0.15, -0.1) is 11.3 Å². The molecule has 33 heavy (non-hydrogen) atoms. The van der Waals surface area contributed by atoms with Gasteiger partial charge in [-0.25, -0.2) is 4.39 Å². The topological polar surface area (TPSA) is 29.1 Å². The highest BCUT2D eigenvalue weighted by atomic mass is 32.2. The van der Waals surface area contributed by atoms with Crippen LogP contribution in [-0.4, -0.2) is 11.6 Å². The van der Waals surface area contributed by atoms with Crippen LogP contribution in [0.3, 0.4) is 0 Å². The maximum Gasteiger partial charge on any atom is 0.271 e. The van der Waals surface area contributed by atoms with Crippen LogP contribution in [0.5, 0.6) is 0 Å². The highest BCUT2D eigenvalue weighted by molar-refractivity contribution is 8.08. The van der Waals surface area contributed by atoms with Gasteiger partial charge in [-0.05, 0) is 25.1 Å². The standard InChI is InChI=1S/C25H23FN3OS3/c1-4-28-22(15-21-29(12-13-31-21)16(2)17-8-6-5-7-9-17)33-23(24(28)30)25-27(3)19-11-10-18(26)14-20(19)32-25/h5-16H,4H2,1-3H3/q+1/b25-23+/t16-/m1/s1. The lowest BCUT2D eigenvalue weighted by molar-refractivity contribution is -0.707. The van der Waals surface area contributed by atoms with Crippen molar-refractivity contribution in [3.05, 3.63) is 96.0 Å². The van der Waals surface area contributed by atoms with Gasteiger partial charge in [0.2, 0.25) is 0 Å². The molecule has 168 valence electrons. The Morgan fingerprint density at radius 1 is 1.18 bits per heavy atom. The molecule has 0 radical (unpaired) electrons. The molecule has 1 atom stereocenters. The Kier molecular flexibility index (Phi) is 5.99. The summed E-state index contributed by atoms with van der Waals surface area (Å²) in [5, 5.41) is 4.02. The summed E-state index contributed by atoms with van der Waals surface area (Å²) in [5.41, 5.74) is 2.15. The van der Waals surface area contributed by atoms with Crippen LogP contribution in [0, 0.1) is 5.82 Å². The third kappa shape index (κ3) is 3.96. The second-order valence-corrected chi connectivity index (χ2v) is 10.8. The maximum atomic E-state index is 13.7. The van der Waals surface area contributed by atoms with Crippen molar-refractivity contribution in [2.45, 2.75) is 31.3 Å². The van der Waals surface area contributed by atoms with Gasteiger partial charge in [-0.3, -0.25) is 9.36 Å². The van der Waals surface area contributed by atoms with Gasteiger partial charge in [0, 0.05) is 31.0 Å². The van der Waals surface area contributed by atoms with Crippen LogP contribution in [0.1, 0.15) is 30.5 Å². The van der Waals surface area contributed by atoms with E-state index in [-0.39, 0.29) is 17.4 Å². The number of hydrogen-bond acceptors (Lipinski definition) is 5. The highest BCUT2D eigenvalue weighted by Gasteiger charge is 2.26. The van der Waals surface area contributed by atoms with Crippen molar-refractivity contribution in [2.75, 3.05) is 11.9 Å². The molecule has 0 aliphatic carbocycles. The first-order chi connectivity index (χ1) is 16.0. The van der Waals surface area contributed by atoms with Crippen LogP contribution in [0.25, 0.3) is 11.1 Å². The molecule has 2 aromatic heterocycles. The molecule has 5 rings (SSSR count). The van der Waals surface area contributed by atoms with Crippen LogP contribution in [0.4, 0.5) is 10.1 Å². The Hall–Kier alpha value is -2.68. The summed E-state index contributed by atoms with van der Waals surface area (Å²) in [4.78, 5) is 16.2. The summed E-state index contributed by atoms with van der Waals surface area (Å²) >= 11 is 4.61. The number of aromatic nitrogens is 2. The minimum absolute atomic E-state index is 0.00408. The number of hydrogen-bond donors (Lipinski definition) is 0. The maximum absolute atomic E-state index is 13.7. The number of rotatable bonds is 4. The summed E-state index contributed by atoms with van der Waals surface area (Å²) in [5.74, 6) is -0.267. The van der Waals surface area contributed by atoms with E-state index >= 15 is 0 Å². The van der Waals surface area contributed by atoms with Crippen LogP contribution in [-0.2, 0) is 6.54 Å². The number of benzene rings is 2. The monoisotopic (exact) mass is 496 g/mol. The van der Waals surface area contributed by atoms with Gasteiger partial charge in [0.05, 0.1) is 17.1 Å². The Bertz CT molecular complexity index is 1500. The molecule has 0 saturated carbocycles. The molecule has 0 amide bonds. The zero-order chi connectivity index (χ0) is 23.1. The molecule has 0 spiro atoms. The van der Waals surface area contributed by atoms with Crippen LogP contribution in [0.15, 0.2) is 69.8 Å². The second-order valence-electron chi connectivity index (χ2n) is 7.78. The van der Waals surface area contributed by atoms with Gasteiger partial charge < -0.3 is 4.90 Å². The van der Waals surface area contributed by atoms with E-state index in [1.165, 1.54) is 40.8 Å². The second kappa shape index (κ2) is 8.93. The van der Waals surface area contributed by atoms with E-state index in [0.29, 0.717) is 11.1 Å². The average Bonchev–Trinajstić information content (AvgIpc) is 3.50. The molecule has 0 unspecified atom stereocenters. The van der Waals surface area contributed by atoms with Crippen LogP contribution >= 0.6 is 34.4 Å². The van der Waals surface area contributed by atoms with E-state index < -0.39 is 0 Å². The van der Waals surface area contributed by atoms with Gasteiger partial charge in [-0.2, -0.15) is 4.57 Å². The lowest BCUT2D eigenvalue weighted by atomic mass is 10.1. The minimum Gasteiger partial charge on any atom is -0.337 e. The Labute approximate surface area is 203 Å². The van der Waals surface area contributed by atoms with Gasteiger partial charge in [0.25, 0.3) is 10.6 Å². The SMILES string of the molecule is CCn1c(=O)/c(=C2\Sc3cc(F)ccc3N2C)s/c1=C\c1scc[n+]1[C@H](C)c1ccccc1. The molecule has 0 fully saturated rings. The molecule has 8 heteroatoms. The Morgan fingerprint density at radius 3 is 2.73 bits per heavy atom.